The quantitative estimate of drug-likeness (QED) is 0.819. The minimum absolute atomic E-state index is 0.515. The second-order valence-electron chi connectivity index (χ2n) is 3.32. The molecule has 0 spiro atoms. The van der Waals surface area contributed by atoms with Crippen molar-refractivity contribution in [3.05, 3.63) is 36.3 Å². The summed E-state index contributed by atoms with van der Waals surface area (Å²) in [4.78, 5) is 4.17. The van der Waals surface area contributed by atoms with E-state index in [9.17, 15) is 0 Å². The van der Waals surface area contributed by atoms with Gasteiger partial charge in [0.05, 0.1) is 5.69 Å². The zero-order valence-corrected chi connectivity index (χ0v) is 8.72. The van der Waals surface area contributed by atoms with E-state index in [1.54, 1.807) is 12.4 Å². The molecule has 0 aliphatic rings. The van der Waals surface area contributed by atoms with E-state index in [4.69, 9.17) is 5.73 Å². The Bertz CT molecular complexity index is 447. The van der Waals surface area contributed by atoms with Crippen LogP contribution in [0.5, 0.6) is 0 Å². The van der Waals surface area contributed by atoms with Gasteiger partial charge in [-0.3, -0.25) is 9.67 Å². The van der Waals surface area contributed by atoms with Crippen molar-refractivity contribution in [3.8, 4) is 11.3 Å². The van der Waals surface area contributed by atoms with Crippen LogP contribution in [0.4, 0.5) is 0 Å². The molecule has 15 heavy (non-hydrogen) atoms. The average Bonchev–Trinajstić information content (AvgIpc) is 2.77. The molecule has 0 aliphatic heterocycles. The smallest absolute Gasteiger partial charge is 0.0697 e. The lowest BCUT2D eigenvalue weighted by molar-refractivity contribution is 0.667. The third-order valence-electron chi connectivity index (χ3n) is 2.34. The maximum Gasteiger partial charge on any atom is 0.0697 e. The summed E-state index contributed by atoms with van der Waals surface area (Å²) in [6.07, 6.45) is 5.42. The first kappa shape index (κ1) is 9.86. The molecule has 2 rings (SSSR count). The van der Waals surface area contributed by atoms with Gasteiger partial charge >= 0.3 is 0 Å². The lowest BCUT2D eigenvalue weighted by Gasteiger charge is -2.05. The molecule has 0 unspecified atom stereocenters. The number of pyridine rings is 1. The molecule has 2 heterocycles. The number of hydrogen-bond donors (Lipinski definition) is 1. The standard InChI is InChI=1S/C11H14N4/c1-2-15-11(3-4-14-15)10-5-9(6-12)7-13-8-10/h3-5,7-8H,2,6,12H2,1H3. The highest BCUT2D eigenvalue weighted by Gasteiger charge is 2.04. The molecule has 0 aromatic carbocycles. The van der Waals surface area contributed by atoms with Gasteiger partial charge in [0.2, 0.25) is 0 Å². The maximum absolute atomic E-state index is 5.58. The highest BCUT2D eigenvalue weighted by Crippen LogP contribution is 2.18. The summed E-state index contributed by atoms with van der Waals surface area (Å²) in [6, 6.07) is 4.04. The molecule has 4 heteroatoms. The predicted molar refractivity (Wildman–Crippen MR) is 59.0 cm³/mol. The summed E-state index contributed by atoms with van der Waals surface area (Å²) < 4.78 is 1.94. The normalized spacial score (nSPS) is 10.5. The van der Waals surface area contributed by atoms with E-state index < -0.39 is 0 Å². The van der Waals surface area contributed by atoms with Crippen LogP contribution in [0.3, 0.4) is 0 Å². The molecule has 0 saturated heterocycles. The molecule has 0 atom stereocenters. The Labute approximate surface area is 88.8 Å². The number of nitrogens with two attached hydrogens (primary N) is 1. The Morgan fingerprint density at radius 3 is 3.00 bits per heavy atom. The van der Waals surface area contributed by atoms with Gasteiger partial charge in [-0.15, -0.1) is 0 Å². The number of hydrogen-bond acceptors (Lipinski definition) is 3. The Kier molecular flexibility index (Phi) is 2.78. The van der Waals surface area contributed by atoms with Gasteiger partial charge in [-0.2, -0.15) is 5.10 Å². The van der Waals surface area contributed by atoms with Crippen LogP contribution in [0, 0.1) is 0 Å². The molecule has 2 N–H and O–H groups in total. The van der Waals surface area contributed by atoms with E-state index in [0.717, 1.165) is 23.4 Å². The minimum Gasteiger partial charge on any atom is -0.326 e. The highest BCUT2D eigenvalue weighted by atomic mass is 15.3. The molecule has 2 aromatic heterocycles. The molecule has 78 valence electrons. The summed E-state index contributed by atoms with van der Waals surface area (Å²) >= 11 is 0. The topological polar surface area (TPSA) is 56.7 Å². The molecule has 0 radical (unpaired) electrons. The van der Waals surface area contributed by atoms with Crippen molar-refractivity contribution in [2.45, 2.75) is 20.0 Å². The van der Waals surface area contributed by atoms with Crippen LogP contribution in [0.2, 0.25) is 0 Å². The number of rotatable bonds is 3. The van der Waals surface area contributed by atoms with E-state index in [2.05, 4.69) is 23.1 Å². The van der Waals surface area contributed by atoms with Crippen molar-refractivity contribution in [1.29, 1.82) is 0 Å². The predicted octanol–water partition coefficient (Wildman–Crippen LogP) is 1.42. The van der Waals surface area contributed by atoms with Crippen molar-refractivity contribution in [1.82, 2.24) is 14.8 Å². The summed E-state index contributed by atoms with van der Waals surface area (Å²) in [5.41, 5.74) is 8.77. The largest absolute Gasteiger partial charge is 0.326 e. The van der Waals surface area contributed by atoms with Crippen molar-refractivity contribution in [3.63, 3.8) is 0 Å². The van der Waals surface area contributed by atoms with E-state index in [1.165, 1.54) is 0 Å². The van der Waals surface area contributed by atoms with E-state index in [-0.39, 0.29) is 0 Å². The molecule has 0 bridgehead atoms. The van der Waals surface area contributed by atoms with Crippen LogP contribution in [0.1, 0.15) is 12.5 Å². The van der Waals surface area contributed by atoms with Crippen molar-refractivity contribution >= 4 is 0 Å². The molecule has 4 nitrogen and oxygen atoms in total. The molecule has 0 amide bonds. The molecule has 0 fully saturated rings. The number of nitrogens with zero attached hydrogens (tertiary/aromatic N) is 3. The summed E-state index contributed by atoms with van der Waals surface area (Å²) in [5.74, 6) is 0. The van der Waals surface area contributed by atoms with Gasteiger partial charge in [0.15, 0.2) is 0 Å². The molecular weight excluding hydrogens is 188 g/mol. The average molecular weight is 202 g/mol. The van der Waals surface area contributed by atoms with Crippen LogP contribution in [0.25, 0.3) is 11.3 Å². The number of aromatic nitrogens is 3. The third-order valence-corrected chi connectivity index (χ3v) is 2.34. The van der Waals surface area contributed by atoms with Crippen LogP contribution >= 0.6 is 0 Å². The van der Waals surface area contributed by atoms with Crippen molar-refractivity contribution < 1.29 is 0 Å². The monoisotopic (exact) mass is 202 g/mol. The molecule has 0 saturated carbocycles. The van der Waals surface area contributed by atoms with E-state index in [1.807, 2.05) is 16.9 Å². The Balaban J connectivity index is 2.44. The molecule has 2 aromatic rings. The van der Waals surface area contributed by atoms with Gasteiger partial charge < -0.3 is 5.73 Å². The first-order chi connectivity index (χ1) is 7.35. The van der Waals surface area contributed by atoms with Crippen LogP contribution in [-0.2, 0) is 13.1 Å². The first-order valence-electron chi connectivity index (χ1n) is 5.01. The zero-order valence-electron chi connectivity index (χ0n) is 8.72. The highest BCUT2D eigenvalue weighted by molar-refractivity contribution is 5.58. The second-order valence-corrected chi connectivity index (χ2v) is 3.32. The second kappa shape index (κ2) is 4.23. The SMILES string of the molecule is CCn1nccc1-c1cncc(CN)c1. The van der Waals surface area contributed by atoms with Gasteiger partial charge in [0.1, 0.15) is 0 Å². The Hall–Kier alpha value is -1.68. The van der Waals surface area contributed by atoms with E-state index in [0.29, 0.717) is 6.54 Å². The van der Waals surface area contributed by atoms with Crippen molar-refractivity contribution in [2.75, 3.05) is 0 Å². The van der Waals surface area contributed by atoms with Gasteiger partial charge in [-0.1, -0.05) is 0 Å². The summed E-state index contributed by atoms with van der Waals surface area (Å²) in [7, 11) is 0. The van der Waals surface area contributed by atoms with Gasteiger partial charge in [-0.25, -0.2) is 0 Å². The molecule has 0 aliphatic carbocycles. The zero-order chi connectivity index (χ0) is 10.7. The number of aryl methyl sites for hydroxylation is 1. The lowest BCUT2D eigenvalue weighted by atomic mass is 10.1. The fourth-order valence-corrected chi connectivity index (χ4v) is 1.57. The third kappa shape index (κ3) is 1.89. The van der Waals surface area contributed by atoms with Crippen LogP contribution in [-0.4, -0.2) is 14.8 Å². The summed E-state index contributed by atoms with van der Waals surface area (Å²) in [5, 5.41) is 4.22. The maximum atomic E-state index is 5.58. The lowest BCUT2D eigenvalue weighted by Crippen LogP contribution is -2.01. The first-order valence-corrected chi connectivity index (χ1v) is 5.01. The van der Waals surface area contributed by atoms with Gasteiger partial charge in [-0.05, 0) is 24.6 Å². The Morgan fingerprint density at radius 1 is 1.40 bits per heavy atom. The Morgan fingerprint density at radius 2 is 2.27 bits per heavy atom. The summed E-state index contributed by atoms with van der Waals surface area (Å²) in [6.45, 7) is 3.44. The van der Waals surface area contributed by atoms with E-state index >= 15 is 0 Å². The molecular formula is C11H14N4. The van der Waals surface area contributed by atoms with Gasteiger partial charge in [0.25, 0.3) is 0 Å². The fourth-order valence-electron chi connectivity index (χ4n) is 1.57. The fraction of sp³-hybridized carbons (Fsp3) is 0.273. The van der Waals surface area contributed by atoms with Crippen molar-refractivity contribution in [2.24, 2.45) is 5.73 Å². The van der Waals surface area contributed by atoms with Gasteiger partial charge in [0, 0.05) is 37.2 Å². The minimum atomic E-state index is 0.515. The van der Waals surface area contributed by atoms with Crippen LogP contribution in [0.15, 0.2) is 30.7 Å². The van der Waals surface area contributed by atoms with Crippen LogP contribution < -0.4 is 5.73 Å².